The molecule has 1 unspecified atom stereocenters. The highest BCUT2D eigenvalue weighted by molar-refractivity contribution is 7.98. The smallest absolute Gasteiger partial charge is 0.230 e. The van der Waals surface area contributed by atoms with Crippen molar-refractivity contribution in [3.63, 3.8) is 0 Å². The van der Waals surface area contributed by atoms with Gasteiger partial charge >= 0.3 is 0 Å². The molecule has 0 N–H and O–H groups in total. The predicted octanol–water partition coefficient (Wildman–Crippen LogP) is 2.42. The minimum Gasteiger partial charge on any atom is -0.342 e. The first kappa shape index (κ1) is 16.3. The van der Waals surface area contributed by atoms with Crippen molar-refractivity contribution in [3.05, 3.63) is 18.0 Å². The highest BCUT2D eigenvalue weighted by Gasteiger charge is 2.48. The van der Waals surface area contributed by atoms with Crippen molar-refractivity contribution in [1.82, 2.24) is 19.8 Å². The van der Waals surface area contributed by atoms with Crippen LogP contribution in [0.25, 0.3) is 0 Å². The summed E-state index contributed by atoms with van der Waals surface area (Å²) < 4.78 is 0. The van der Waals surface area contributed by atoms with E-state index in [1.807, 2.05) is 18.6 Å². The summed E-state index contributed by atoms with van der Waals surface area (Å²) in [6, 6.07) is 0. The van der Waals surface area contributed by atoms with Crippen molar-refractivity contribution >= 4 is 17.7 Å². The Labute approximate surface area is 148 Å². The van der Waals surface area contributed by atoms with Gasteiger partial charge in [-0.3, -0.25) is 9.69 Å². The predicted molar refractivity (Wildman–Crippen MR) is 94.7 cm³/mol. The second-order valence-electron chi connectivity index (χ2n) is 7.62. The molecular weight excluding hydrogens is 320 g/mol. The summed E-state index contributed by atoms with van der Waals surface area (Å²) in [6.07, 6.45) is 11.7. The van der Waals surface area contributed by atoms with Crippen LogP contribution in [0.3, 0.4) is 0 Å². The Balaban J connectivity index is 1.39. The summed E-state index contributed by atoms with van der Waals surface area (Å²) in [4.78, 5) is 26.4. The number of hydrogen-bond acceptors (Lipinski definition) is 5. The lowest BCUT2D eigenvalue weighted by Crippen LogP contribution is -2.50. The molecule has 1 aliphatic carbocycles. The maximum absolute atomic E-state index is 13.1. The number of nitrogens with zero attached hydrogens (tertiary/aromatic N) is 4. The second-order valence-corrected chi connectivity index (χ2v) is 8.39. The maximum atomic E-state index is 13.1. The largest absolute Gasteiger partial charge is 0.342 e. The molecule has 3 fully saturated rings. The Morgan fingerprint density at radius 1 is 1.25 bits per heavy atom. The fraction of sp³-hybridized carbons (Fsp3) is 0.722. The van der Waals surface area contributed by atoms with E-state index >= 15 is 0 Å². The zero-order valence-corrected chi connectivity index (χ0v) is 15.2. The van der Waals surface area contributed by atoms with Crippen LogP contribution in [0.5, 0.6) is 0 Å². The van der Waals surface area contributed by atoms with Gasteiger partial charge in [-0.05, 0) is 50.8 Å². The van der Waals surface area contributed by atoms with Crippen LogP contribution in [0.4, 0.5) is 0 Å². The van der Waals surface area contributed by atoms with E-state index < -0.39 is 0 Å². The number of carbonyl (C=O) groups excluding carboxylic acids is 1. The summed E-state index contributed by atoms with van der Waals surface area (Å²) in [7, 11) is 0. The van der Waals surface area contributed by atoms with Gasteiger partial charge in [0.15, 0.2) is 5.16 Å². The molecule has 3 aliphatic rings. The molecule has 1 amide bonds. The summed E-state index contributed by atoms with van der Waals surface area (Å²) in [5.41, 5.74) is 1.02. The first-order valence-corrected chi connectivity index (χ1v) is 10.3. The number of thioether (sulfide) groups is 1. The molecule has 4 rings (SSSR count). The normalized spacial score (nSPS) is 28.0. The molecule has 130 valence electrons. The van der Waals surface area contributed by atoms with Crippen LogP contribution < -0.4 is 0 Å². The van der Waals surface area contributed by atoms with Gasteiger partial charge in [-0.15, -0.1) is 0 Å². The summed E-state index contributed by atoms with van der Waals surface area (Å²) in [5, 5.41) is 0.815. The molecule has 0 bridgehead atoms. The van der Waals surface area contributed by atoms with E-state index in [1.165, 1.54) is 12.8 Å². The van der Waals surface area contributed by atoms with E-state index in [0.29, 0.717) is 5.91 Å². The van der Waals surface area contributed by atoms with E-state index in [0.717, 1.165) is 68.6 Å². The first-order chi connectivity index (χ1) is 11.7. The number of aromatic nitrogens is 2. The van der Waals surface area contributed by atoms with Gasteiger partial charge in [-0.25, -0.2) is 9.97 Å². The average molecular weight is 347 g/mol. The summed E-state index contributed by atoms with van der Waals surface area (Å²) >= 11 is 1.56. The number of hydrogen-bond donors (Lipinski definition) is 0. The zero-order valence-electron chi connectivity index (χ0n) is 14.4. The molecule has 0 radical (unpaired) electrons. The third-order valence-corrected chi connectivity index (χ3v) is 6.28. The minimum absolute atomic E-state index is 0.118. The van der Waals surface area contributed by atoms with E-state index in [9.17, 15) is 4.79 Å². The molecule has 2 saturated heterocycles. The number of piperidine rings is 1. The van der Waals surface area contributed by atoms with Crippen LogP contribution in [-0.4, -0.2) is 58.1 Å². The molecule has 2 aliphatic heterocycles. The average Bonchev–Trinajstić information content (AvgIpc) is 3.33. The van der Waals surface area contributed by atoms with Gasteiger partial charge in [0.05, 0.1) is 5.41 Å². The van der Waals surface area contributed by atoms with Crippen LogP contribution in [0.1, 0.15) is 37.7 Å². The van der Waals surface area contributed by atoms with Crippen molar-refractivity contribution in [3.8, 4) is 0 Å². The molecule has 24 heavy (non-hydrogen) atoms. The van der Waals surface area contributed by atoms with Crippen molar-refractivity contribution < 1.29 is 4.79 Å². The minimum atomic E-state index is -0.118. The lowest BCUT2D eigenvalue weighted by atomic mass is 9.78. The first-order valence-electron chi connectivity index (χ1n) is 9.05. The maximum Gasteiger partial charge on any atom is 0.230 e. The van der Waals surface area contributed by atoms with Gasteiger partial charge in [0, 0.05) is 44.1 Å². The van der Waals surface area contributed by atoms with E-state index in [4.69, 9.17) is 0 Å². The van der Waals surface area contributed by atoms with Gasteiger partial charge < -0.3 is 4.90 Å². The van der Waals surface area contributed by atoms with Crippen LogP contribution >= 0.6 is 11.8 Å². The Morgan fingerprint density at radius 3 is 2.75 bits per heavy atom. The van der Waals surface area contributed by atoms with E-state index in [2.05, 4.69) is 19.8 Å². The monoisotopic (exact) mass is 346 g/mol. The SMILES string of the molecule is CSc1ncc(CN2CCC3(CCCN(CC4CC4)C3=O)C2)cn1. The number of likely N-dealkylation sites (tertiary alicyclic amines) is 2. The highest BCUT2D eigenvalue weighted by Crippen LogP contribution is 2.42. The highest BCUT2D eigenvalue weighted by atomic mass is 32.2. The molecule has 0 aromatic carbocycles. The molecule has 1 aromatic heterocycles. The Morgan fingerprint density at radius 2 is 2.04 bits per heavy atom. The fourth-order valence-corrected chi connectivity index (χ4v) is 4.51. The van der Waals surface area contributed by atoms with Crippen molar-refractivity contribution in [2.24, 2.45) is 11.3 Å². The van der Waals surface area contributed by atoms with E-state index in [-0.39, 0.29) is 5.41 Å². The van der Waals surface area contributed by atoms with Crippen molar-refractivity contribution in [1.29, 1.82) is 0 Å². The van der Waals surface area contributed by atoms with Crippen molar-refractivity contribution in [2.75, 3.05) is 32.4 Å². The lowest BCUT2D eigenvalue weighted by Gasteiger charge is -2.39. The summed E-state index contributed by atoms with van der Waals surface area (Å²) in [5.74, 6) is 1.21. The zero-order chi connectivity index (χ0) is 16.6. The Kier molecular flexibility index (Phi) is 4.52. The molecule has 1 aromatic rings. The quantitative estimate of drug-likeness (QED) is 0.605. The fourth-order valence-electron chi connectivity index (χ4n) is 4.20. The molecule has 1 saturated carbocycles. The van der Waals surface area contributed by atoms with E-state index in [1.54, 1.807) is 11.8 Å². The van der Waals surface area contributed by atoms with Crippen molar-refractivity contribution in [2.45, 2.75) is 43.8 Å². The molecule has 1 spiro atoms. The standard InChI is InChI=1S/C18H26N4OS/c1-24-17-19-9-15(10-20-17)11-21-8-6-18(13-21)5-2-7-22(16(18)23)12-14-3-4-14/h9-10,14H,2-8,11-13H2,1H3. The Bertz CT molecular complexity index is 604. The second kappa shape index (κ2) is 6.64. The van der Waals surface area contributed by atoms with Gasteiger partial charge in [0.25, 0.3) is 0 Å². The molecular formula is C18H26N4OS. The number of rotatable bonds is 5. The molecule has 3 heterocycles. The van der Waals surface area contributed by atoms with Crippen LogP contribution in [0.15, 0.2) is 17.6 Å². The lowest BCUT2D eigenvalue weighted by molar-refractivity contribution is -0.145. The Hall–Kier alpha value is -1.14. The van der Waals surface area contributed by atoms with Crippen LogP contribution in [0, 0.1) is 11.3 Å². The molecule has 1 atom stereocenters. The van der Waals surface area contributed by atoms with Gasteiger partial charge in [-0.1, -0.05) is 11.8 Å². The molecule has 5 nitrogen and oxygen atoms in total. The van der Waals surface area contributed by atoms with Gasteiger partial charge in [-0.2, -0.15) is 0 Å². The van der Waals surface area contributed by atoms with Crippen LogP contribution in [0.2, 0.25) is 0 Å². The number of amides is 1. The van der Waals surface area contributed by atoms with Gasteiger partial charge in [0.1, 0.15) is 0 Å². The molecule has 6 heteroatoms. The summed E-state index contributed by atoms with van der Waals surface area (Å²) in [6.45, 7) is 4.74. The van der Waals surface area contributed by atoms with Gasteiger partial charge in [0.2, 0.25) is 5.91 Å². The number of carbonyl (C=O) groups is 1. The topological polar surface area (TPSA) is 49.3 Å². The van der Waals surface area contributed by atoms with Crippen LogP contribution in [-0.2, 0) is 11.3 Å². The third kappa shape index (κ3) is 3.31. The third-order valence-electron chi connectivity index (χ3n) is 5.70.